The molecule has 1 unspecified atom stereocenters. The van der Waals surface area contributed by atoms with Crippen molar-refractivity contribution in [3.63, 3.8) is 0 Å². The first-order valence-electron chi connectivity index (χ1n) is 5.91. The van der Waals surface area contributed by atoms with Gasteiger partial charge in [-0.2, -0.15) is 13.2 Å². The maximum absolute atomic E-state index is 14.1. The fourth-order valence-corrected chi connectivity index (χ4v) is 2.36. The molecule has 0 spiro atoms. The largest absolute Gasteiger partial charge is 0.416 e. The topological polar surface area (TPSA) is 38.0 Å². The molecule has 0 heterocycles. The first-order chi connectivity index (χ1) is 9.84. The SMILES string of the molecule is NNC(c1ccc(C(F)(F)F)cc1)c1cccc(Br)c1F. The minimum atomic E-state index is -4.41. The van der Waals surface area contributed by atoms with Crippen LogP contribution in [-0.2, 0) is 6.18 Å². The molecule has 2 aromatic rings. The van der Waals surface area contributed by atoms with E-state index >= 15 is 0 Å². The van der Waals surface area contributed by atoms with E-state index in [0.29, 0.717) is 5.56 Å². The van der Waals surface area contributed by atoms with Crippen LogP contribution in [-0.4, -0.2) is 0 Å². The Morgan fingerprint density at radius 1 is 1.05 bits per heavy atom. The van der Waals surface area contributed by atoms with Crippen LogP contribution < -0.4 is 11.3 Å². The molecule has 2 aromatic carbocycles. The maximum Gasteiger partial charge on any atom is 0.416 e. The molecule has 0 aliphatic carbocycles. The van der Waals surface area contributed by atoms with Crippen LogP contribution in [0.25, 0.3) is 0 Å². The summed E-state index contributed by atoms with van der Waals surface area (Å²) < 4.78 is 51.9. The van der Waals surface area contributed by atoms with Crippen molar-refractivity contribution in [2.75, 3.05) is 0 Å². The smallest absolute Gasteiger partial charge is 0.271 e. The lowest BCUT2D eigenvalue weighted by molar-refractivity contribution is -0.137. The average Bonchev–Trinajstić information content (AvgIpc) is 2.44. The minimum Gasteiger partial charge on any atom is -0.271 e. The van der Waals surface area contributed by atoms with Gasteiger partial charge in [0.2, 0.25) is 0 Å². The number of rotatable bonds is 3. The number of alkyl halides is 3. The van der Waals surface area contributed by atoms with E-state index in [-0.39, 0.29) is 10.0 Å². The zero-order valence-electron chi connectivity index (χ0n) is 10.6. The summed E-state index contributed by atoms with van der Waals surface area (Å²) in [6.45, 7) is 0. The summed E-state index contributed by atoms with van der Waals surface area (Å²) in [6, 6.07) is 8.34. The fourth-order valence-electron chi connectivity index (χ4n) is 1.97. The Morgan fingerprint density at radius 3 is 2.19 bits per heavy atom. The Hall–Kier alpha value is -1.44. The van der Waals surface area contributed by atoms with E-state index in [1.54, 1.807) is 6.07 Å². The number of nitrogens with two attached hydrogens (primary N) is 1. The van der Waals surface area contributed by atoms with Crippen molar-refractivity contribution in [3.05, 3.63) is 69.4 Å². The van der Waals surface area contributed by atoms with Gasteiger partial charge >= 0.3 is 6.18 Å². The highest BCUT2D eigenvalue weighted by Gasteiger charge is 2.30. The van der Waals surface area contributed by atoms with Gasteiger partial charge in [0.1, 0.15) is 5.82 Å². The van der Waals surface area contributed by atoms with Gasteiger partial charge in [0.25, 0.3) is 0 Å². The van der Waals surface area contributed by atoms with Crippen molar-refractivity contribution in [1.29, 1.82) is 0 Å². The van der Waals surface area contributed by atoms with E-state index in [1.165, 1.54) is 24.3 Å². The molecule has 0 aliphatic heterocycles. The number of halogens is 5. The first-order valence-corrected chi connectivity index (χ1v) is 6.71. The van der Waals surface area contributed by atoms with Gasteiger partial charge in [0.15, 0.2) is 0 Å². The van der Waals surface area contributed by atoms with Crippen LogP contribution >= 0.6 is 15.9 Å². The number of hydrogen-bond acceptors (Lipinski definition) is 2. The number of benzene rings is 2. The van der Waals surface area contributed by atoms with Crippen LogP contribution in [0.5, 0.6) is 0 Å². The molecule has 21 heavy (non-hydrogen) atoms. The van der Waals surface area contributed by atoms with E-state index in [1.807, 2.05) is 0 Å². The summed E-state index contributed by atoms with van der Waals surface area (Å²) >= 11 is 3.06. The molecule has 1 atom stereocenters. The van der Waals surface area contributed by atoms with E-state index < -0.39 is 23.6 Å². The minimum absolute atomic E-state index is 0.242. The first kappa shape index (κ1) is 15.9. The maximum atomic E-state index is 14.1. The summed E-state index contributed by atoms with van der Waals surface area (Å²) in [5.74, 6) is 4.91. The quantitative estimate of drug-likeness (QED) is 0.488. The molecule has 0 radical (unpaired) electrons. The van der Waals surface area contributed by atoms with E-state index in [9.17, 15) is 17.6 Å². The van der Waals surface area contributed by atoms with Crippen LogP contribution in [0.2, 0.25) is 0 Å². The second-order valence-electron chi connectivity index (χ2n) is 4.36. The molecule has 0 aliphatic rings. The average molecular weight is 363 g/mol. The summed E-state index contributed by atoms with van der Waals surface area (Å²) in [5, 5.41) is 0. The van der Waals surface area contributed by atoms with Crippen LogP contribution in [0.3, 0.4) is 0 Å². The lowest BCUT2D eigenvalue weighted by atomic mass is 9.98. The lowest BCUT2D eigenvalue weighted by Gasteiger charge is -2.18. The molecule has 0 aromatic heterocycles. The standard InChI is InChI=1S/C14H11BrF4N2/c15-11-3-1-2-10(12(11)16)13(21-20)8-4-6-9(7-5-8)14(17,18)19/h1-7,13,21H,20H2. The highest BCUT2D eigenvalue weighted by molar-refractivity contribution is 9.10. The third-order valence-corrected chi connectivity index (χ3v) is 3.64. The van der Waals surface area contributed by atoms with Gasteiger partial charge in [-0.1, -0.05) is 24.3 Å². The summed E-state index contributed by atoms with van der Waals surface area (Å²) in [6.07, 6.45) is -4.41. The van der Waals surface area contributed by atoms with Crippen molar-refractivity contribution >= 4 is 15.9 Å². The third kappa shape index (κ3) is 3.42. The normalized spacial score (nSPS) is 13.2. The van der Waals surface area contributed by atoms with Crippen LogP contribution in [0.15, 0.2) is 46.9 Å². The molecule has 112 valence electrons. The number of nitrogens with one attached hydrogen (secondary N) is 1. The number of hydrazine groups is 1. The van der Waals surface area contributed by atoms with Crippen molar-refractivity contribution in [3.8, 4) is 0 Å². The van der Waals surface area contributed by atoms with Gasteiger partial charge in [0, 0.05) is 5.56 Å². The molecule has 0 fully saturated rings. The van der Waals surface area contributed by atoms with Crippen LogP contribution in [0, 0.1) is 5.82 Å². The Labute approximate surface area is 127 Å². The highest BCUT2D eigenvalue weighted by atomic mass is 79.9. The molecule has 0 saturated carbocycles. The Kier molecular flexibility index (Phi) is 4.65. The van der Waals surface area contributed by atoms with Crippen molar-refractivity contribution in [1.82, 2.24) is 5.43 Å². The zero-order chi connectivity index (χ0) is 15.6. The van der Waals surface area contributed by atoms with Crippen molar-refractivity contribution in [2.24, 2.45) is 5.84 Å². The fraction of sp³-hybridized carbons (Fsp3) is 0.143. The monoisotopic (exact) mass is 362 g/mol. The van der Waals surface area contributed by atoms with E-state index in [4.69, 9.17) is 5.84 Å². The molecule has 2 rings (SSSR count). The molecule has 2 nitrogen and oxygen atoms in total. The highest BCUT2D eigenvalue weighted by Crippen LogP contribution is 2.32. The predicted octanol–water partition coefficient (Wildman–Crippen LogP) is 4.16. The molecular formula is C14H11BrF4N2. The molecule has 0 saturated heterocycles. The van der Waals surface area contributed by atoms with Gasteiger partial charge in [-0.3, -0.25) is 5.84 Å². The molecule has 0 amide bonds. The van der Waals surface area contributed by atoms with Crippen LogP contribution in [0.4, 0.5) is 17.6 Å². The lowest BCUT2D eigenvalue weighted by Crippen LogP contribution is -2.29. The third-order valence-electron chi connectivity index (χ3n) is 3.03. The summed E-state index contributed by atoms with van der Waals surface area (Å²) in [4.78, 5) is 0. The van der Waals surface area contributed by atoms with Crippen molar-refractivity contribution < 1.29 is 17.6 Å². The number of hydrogen-bond donors (Lipinski definition) is 2. The van der Waals surface area contributed by atoms with Crippen molar-refractivity contribution in [2.45, 2.75) is 12.2 Å². The molecule has 0 bridgehead atoms. The van der Waals surface area contributed by atoms with Gasteiger partial charge in [-0.05, 0) is 39.7 Å². The van der Waals surface area contributed by atoms with Gasteiger partial charge < -0.3 is 0 Å². The Balaban J connectivity index is 2.40. The van der Waals surface area contributed by atoms with Gasteiger partial charge in [-0.25, -0.2) is 9.82 Å². The second-order valence-corrected chi connectivity index (χ2v) is 5.22. The summed E-state index contributed by atoms with van der Waals surface area (Å²) in [7, 11) is 0. The Morgan fingerprint density at radius 2 is 1.67 bits per heavy atom. The zero-order valence-corrected chi connectivity index (χ0v) is 12.2. The summed E-state index contributed by atoms with van der Waals surface area (Å²) in [5.41, 5.74) is 2.33. The van der Waals surface area contributed by atoms with Gasteiger partial charge in [-0.15, -0.1) is 0 Å². The predicted molar refractivity (Wildman–Crippen MR) is 74.7 cm³/mol. The molecular weight excluding hydrogens is 352 g/mol. The van der Waals surface area contributed by atoms with Crippen LogP contribution in [0.1, 0.15) is 22.7 Å². The van der Waals surface area contributed by atoms with E-state index in [2.05, 4.69) is 21.4 Å². The Bertz CT molecular complexity index is 626. The molecule has 3 N–H and O–H groups in total. The van der Waals surface area contributed by atoms with E-state index in [0.717, 1.165) is 12.1 Å². The molecule has 7 heteroatoms. The second kappa shape index (κ2) is 6.13. The van der Waals surface area contributed by atoms with Gasteiger partial charge in [0.05, 0.1) is 16.1 Å².